The molecule has 3 heterocycles. The van der Waals surface area contributed by atoms with Gasteiger partial charge >= 0.3 is 5.97 Å². The van der Waals surface area contributed by atoms with Gasteiger partial charge in [-0.05, 0) is 13.3 Å². The summed E-state index contributed by atoms with van der Waals surface area (Å²) in [6.07, 6.45) is 1.40. The summed E-state index contributed by atoms with van der Waals surface area (Å²) in [6, 6.07) is 0. The molecule has 3 saturated heterocycles. The van der Waals surface area contributed by atoms with Gasteiger partial charge in [-0.3, -0.25) is 4.79 Å². The Kier molecular flexibility index (Phi) is 1.46. The van der Waals surface area contributed by atoms with Gasteiger partial charge in [0, 0.05) is 0 Å². The molecular weight excluding hydrogens is 172 g/mol. The molecule has 0 aromatic carbocycles. The molecule has 0 amide bonds. The van der Waals surface area contributed by atoms with E-state index in [4.69, 9.17) is 14.2 Å². The Balaban J connectivity index is 1.70. The third-order valence-electron chi connectivity index (χ3n) is 3.06. The predicted octanol–water partition coefficient (Wildman–Crippen LogP) is 0.104. The second-order valence-corrected chi connectivity index (χ2v) is 3.80. The van der Waals surface area contributed by atoms with Crippen molar-refractivity contribution in [1.82, 2.24) is 0 Å². The minimum absolute atomic E-state index is 0.0194. The van der Waals surface area contributed by atoms with Crippen LogP contribution in [0.3, 0.4) is 0 Å². The van der Waals surface area contributed by atoms with Gasteiger partial charge in [-0.2, -0.15) is 0 Å². The van der Waals surface area contributed by atoms with E-state index < -0.39 is 0 Å². The quantitative estimate of drug-likeness (QED) is 0.451. The number of fused-ring (bicyclic) bond motifs is 5. The topological polar surface area (TPSA) is 48.1 Å². The van der Waals surface area contributed by atoms with E-state index in [1.807, 2.05) is 6.92 Å². The predicted molar refractivity (Wildman–Crippen MR) is 42.1 cm³/mol. The molecule has 72 valence electrons. The summed E-state index contributed by atoms with van der Waals surface area (Å²) in [5, 5.41) is 0. The van der Waals surface area contributed by atoms with Crippen molar-refractivity contribution in [3.05, 3.63) is 0 Å². The number of hydrogen-bond acceptors (Lipinski definition) is 4. The van der Waals surface area contributed by atoms with Crippen molar-refractivity contribution in [1.29, 1.82) is 0 Å². The Morgan fingerprint density at radius 3 is 2.85 bits per heavy atom. The normalized spacial score (nSPS) is 50.4. The summed E-state index contributed by atoms with van der Waals surface area (Å²) in [5.74, 6) is -0.197. The molecule has 0 N–H and O–H groups in total. The lowest BCUT2D eigenvalue weighted by atomic mass is 9.89. The Bertz CT molecular complexity index is 252. The SMILES string of the molecule is CCOC(=O)[C@@H]1C[C@H]2O[C@@H]1[C@H]1O[C@H]12. The molecule has 4 heteroatoms. The lowest BCUT2D eigenvalue weighted by Gasteiger charge is -2.14. The van der Waals surface area contributed by atoms with Crippen LogP contribution in [0.15, 0.2) is 0 Å². The van der Waals surface area contributed by atoms with Gasteiger partial charge in [-0.25, -0.2) is 0 Å². The maximum absolute atomic E-state index is 11.4. The summed E-state index contributed by atoms with van der Waals surface area (Å²) in [4.78, 5) is 11.4. The highest BCUT2D eigenvalue weighted by molar-refractivity contribution is 5.74. The molecule has 0 saturated carbocycles. The van der Waals surface area contributed by atoms with Crippen molar-refractivity contribution >= 4 is 5.97 Å². The van der Waals surface area contributed by atoms with Crippen LogP contribution in [0.5, 0.6) is 0 Å². The number of esters is 1. The van der Waals surface area contributed by atoms with E-state index in [9.17, 15) is 4.79 Å². The Hall–Kier alpha value is -0.610. The van der Waals surface area contributed by atoms with Crippen LogP contribution in [-0.4, -0.2) is 37.0 Å². The largest absolute Gasteiger partial charge is 0.466 e. The van der Waals surface area contributed by atoms with Crippen LogP contribution < -0.4 is 0 Å². The Morgan fingerprint density at radius 2 is 2.23 bits per heavy atom. The second kappa shape index (κ2) is 2.45. The van der Waals surface area contributed by atoms with Crippen LogP contribution in [0.1, 0.15) is 13.3 Å². The van der Waals surface area contributed by atoms with E-state index in [1.54, 1.807) is 0 Å². The number of carbonyl (C=O) groups excluding carboxylic acids is 1. The highest BCUT2D eigenvalue weighted by Gasteiger charge is 2.66. The van der Waals surface area contributed by atoms with Crippen LogP contribution in [0, 0.1) is 5.92 Å². The molecule has 2 bridgehead atoms. The average Bonchev–Trinajstić information content (AvgIpc) is 2.72. The molecule has 0 aromatic heterocycles. The third-order valence-corrected chi connectivity index (χ3v) is 3.06. The van der Waals surface area contributed by atoms with Gasteiger partial charge in [0.05, 0.1) is 18.6 Å². The molecule has 13 heavy (non-hydrogen) atoms. The summed E-state index contributed by atoms with van der Waals surface area (Å²) >= 11 is 0. The van der Waals surface area contributed by atoms with Gasteiger partial charge in [0.15, 0.2) is 0 Å². The molecule has 0 spiro atoms. The standard InChI is InChI=1S/C9H12O4/c1-2-11-9(10)4-3-5-7-8(13-7)6(4)12-5/h4-8H,2-3H2,1H3/t4-,5-,6+,7+,8-/m1/s1. The fourth-order valence-electron chi connectivity index (χ4n) is 2.43. The zero-order valence-electron chi connectivity index (χ0n) is 7.43. The first kappa shape index (κ1) is 7.76. The fraction of sp³-hybridized carbons (Fsp3) is 0.889. The highest BCUT2D eigenvalue weighted by atomic mass is 16.7. The van der Waals surface area contributed by atoms with Crippen molar-refractivity contribution in [2.45, 2.75) is 37.8 Å². The number of carbonyl (C=O) groups is 1. The zero-order chi connectivity index (χ0) is 9.00. The summed E-state index contributed by atoms with van der Waals surface area (Å²) in [5.41, 5.74) is 0. The van der Waals surface area contributed by atoms with E-state index in [-0.39, 0.29) is 36.3 Å². The van der Waals surface area contributed by atoms with E-state index in [0.717, 1.165) is 6.42 Å². The maximum Gasteiger partial charge on any atom is 0.311 e. The molecule has 3 aliphatic rings. The smallest absolute Gasteiger partial charge is 0.311 e. The van der Waals surface area contributed by atoms with Gasteiger partial charge in [0.25, 0.3) is 0 Å². The van der Waals surface area contributed by atoms with Crippen LogP contribution in [0.2, 0.25) is 0 Å². The molecule has 0 aliphatic carbocycles. The van der Waals surface area contributed by atoms with Crippen molar-refractivity contribution in [3.63, 3.8) is 0 Å². The molecular formula is C9H12O4. The molecule has 5 atom stereocenters. The van der Waals surface area contributed by atoms with Gasteiger partial charge < -0.3 is 14.2 Å². The van der Waals surface area contributed by atoms with Crippen LogP contribution in [0.4, 0.5) is 0 Å². The summed E-state index contributed by atoms with van der Waals surface area (Å²) in [7, 11) is 0. The molecule has 4 nitrogen and oxygen atoms in total. The van der Waals surface area contributed by atoms with Crippen LogP contribution in [-0.2, 0) is 19.0 Å². The first-order chi connectivity index (χ1) is 6.31. The summed E-state index contributed by atoms with van der Waals surface area (Å²) < 4.78 is 15.9. The summed E-state index contributed by atoms with van der Waals surface area (Å²) in [6.45, 7) is 2.27. The van der Waals surface area contributed by atoms with E-state index in [1.165, 1.54) is 0 Å². The van der Waals surface area contributed by atoms with Gasteiger partial charge in [-0.15, -0.1) is 0 Å². The number of epoxide rings is 1. The molecule has 0 unspecified atom stereocenters. The fourth-order valence-corrected chi connectivity index (χ4v) is 2.43. The maximum atomic E-state index is 11.4. The monoisotopic (exact) mass is 184 g/mol. The van der Waals surface area contributed by atoms with E-state index in [0.29, 0.717) is 6.61 Å². The Morgan fingerprint density at radius 1 is 1.38 bits per heavy atom. The minimum atomic E-state index is -0.121. The first-order valence-corrected chi connectivity index (χ1v) is 4.79. The first-order valence-electron chi connectivity index (χ1n) is 4.79. The Labute approximate surface area is 76.1 Å². The third kappa shape index (κ3) is 0.957. The minimum Gasteiger partial charge on any atom is -0.466 e. The molecule has 3 fully saturated rings. The van der Waals surface area contributed by atoms with Crippen LogP contribution >= 0.6 is 0 Å². The molecule has 3 rings (SSSR count). The number of ether oxygens (including phenoxy) is 3. The number of rotatable bonds is 2. The molecule has 3 aliphatic heterocycles. The van der Waals surface area contributed by atoms with Gasteiger partial charge in [-0.1, -0.05) is 0 Å². The van der Waals surface area contributed by atoms with E-state index in [2.05, 4.69) is 0 Å². The average molecular weight is 184 g/mol. The van der Waals surface area contributed by atoms with Crippen molar-refractivity contribution in [2.75, 3.05) is 6.61 Å². The van der Waals surface area contributed by atoms with Gasteiger partial charge in [0.2, 0.25) is 0 Å². The second-order valence-electron chi connectivity index (χ2n) is 3.80. The highest BCUT2D eigenvalue weighted by Crippen LogP contribution is 2.51. The molecule has 0 radical (unpaired) electrons. The van der Waals surface area contributed by atoms with Crippen molar-refractivity contribution in [2.24, 2.45) is 5.92 Å². The van der Waals surface area contributed by atoms with Gasteiger partial charge in [0.1, 0.15) is 18.3 Å². The zero-order valence-corrected chi connectivity index (χ0v) is 7.43. The van der Waals surface area contributed by atoms with Crippen molar-refractivity contribution in [3.8, 4) is 0 Å². The molecule has 0 aromatic rings. The lowest BCUT2D eigenvalue weighted by Crippen LogP contribution is -2.31. The number of hydrogen-bond donors (Lipinski definition) is 0. The lowest BCUT2D eigenvalue weighted by molar-refractivity contribution is -0.150. The van der Waals surface area contributed by atoms with E-state index >= 15 is 0 Å². The van der Waals surface area contributed by atoms with Crippen LogP contribution in [0.25, 0.3) is 0 Å². The van der Waals surface area contributed by atoms with Crippen molar-refractivity contribution < 1.29 is 19.0 Å².